The zero-order valence-corrected chi connectivity index (χ0v) is 10.8. The van der Waals surface area contributed by atoms with Crippen LogP contribution in [-0.4, -0.2) is 20.6 Å². The van der Waals surface area contributed by atoms with Crippen LogP contribution < -0.4 is 16.0 Å². The van der Waals surface area contributed by atoms with E-state index in [4.69, 9.17) is 5.73 Å². The number of anilines is 3. The number of nitrogen functional groups attached to an aromatic ring is 1. The minimum atomic E-state index is 0.850. The lowest BCUT2D eigenvalue weighted by Crippen LogP contribution is -2.19. The molecule has 3 heteroatoms. The molecule has 1 aromatic rings. The van der Waals surface area contributed by atoms with E-state index in [0.717, 1.165) is 24.3 Å². The van der Waals surface area contributed by atoms with Gasteiger partial charge in [0, 0.05) is 20.6 Å². The Kier molecular flexibility index (Phi) is 4.47. The quantitative estimate of drug-likeness (QED) is 0.716. The highest BCUT2D eigenvalue weighted by molar-refractivity contribution is 5.84. The second-order valence-electron chi connectivity index (χ2n) is 3.96. The van der Waals surface area contributed by atoms with Crippen molar-refractivity contribution in [3.63, 3.8) is 0 Å². The van der Waals surface area contributed by atoms with E-state index in [1.807, 2.05) is 34.0 Å². The van der Waals surface area contributed by atoms with Crippen LogP contribution >= 0.6 is 0 Å². The number of nitrogens with two attached hydrogens (primary N) is 1. The smallest absolute Gasteiger partial charge is 0.0833 e. The van der Waals surface area contributed by atoms with E-state index in [1.54, 1.807) is 0 Å². The second-order valence-corrected chi connectivity index (χ2v) is 3.96. The zero-order valence-electron chi connectivity index (χ0n) is 10.8. The molecule has 0 bridgehead atoms. The molecule has 0 unspecified atom stereocenters. The van der Waals surface area contributed by atoms with Crippen molar-refractivity contribution in [1.29, 1.82) is 0 Å². The zero-order chi connectivity index (χ0) is 12.1. The fraction of sp³-hybridized carbons (Fsp3) is 0.538. The van der Waals surface area contributed by atoms with Crippen molar-refractivity contribution in [2.45, 2.75) is 26.7 Å². The van der Waals surface area contributed by atoms with Gasteiger partial charge in [0.25, 0.3) is 0 Å². The second kappa shape index (κ2) is 5.64. The molecular weight excluding hydrogens is 198 g/mol. The summed E-state index contributed by atoms with van der Waals surface area (Å²) in [5.41, 5.74) is 10.5. The molecule has 3 nitrogen and oxygen atoms in total. The summed E-state index contributed by atoms with van der Waals surface area (Å²) < 4.78 is 0. The van der Waals surface area contributed by atoms with Crippen LogP contribution in [0.2, 0.25) is 0 Å². The maximum atomic E-state index is 5.96. The largest absolute Gasteiger partial charge is 0.397 e. The molecule has 90 valence electrons. The lowest BCUT2D eigenvalue weighted by Gasteiger charge is -2.26. The normalized spacial score (nSPS) is 13.0. The van der Waals surface area contributed by atoms with Gasteiger partial charge in [0.05, 0.1) is 17.1 Å². The summed E-state index contributed by atoms with van der Waals surface area (Å²) >= 11 is 0. The molecule has 0 radical (unpaired) electrons. The summed E-state index contributed by atoms with van der Waals surface area (Å²) in [6, 6.07) is 4.13. The SMILES string of the molecule is CC.CN(C)c1c(N)ccc2c1NCCC2. The number of rotatable bonds is 1. The average Bonchev–Trinajstić information content (AvgIpc) is 2.31. The fourth-order valence-corrected chi connectivity index (χ4v) is 2.03. The topological polar surface area (TPSA) is 41.3 Å². The Hall–Kier alpha value is -1.38. The van der Waals surface area contributed by atoms with Crippen molar-refractivity contribution in [3.8, 4) is 0 Å². The van der Waals surface area contributed by atoms with Gasteiger partial charge < -0.3 is 16.0 Å². The van der Waals surface area contributed by atoms with E-state index in [-0.39, 0.29) is 0 Å². The van der Waals surface area contributed by atoms with Crippen LogP contribution in [0.4, 0.5) is 17.1 Å². The minimum Gasteiger partial charge on any atom is -0.397 e. The summed E-state index contributed by atoms with van der Waals surface area (Å²) in [6.07, 6.45) is 2.37. The fourth-order valence-electron chi connectivity index (χ4n) is 2.03. The van der Waals surface area contributed by atoms with Gasteiger partial charge in [0.2, 0.25) is 0 Å². The first kappa shape index (κ1) is 12.7. The summed E-state index contributed by atoms with van der Waals surface area (Å²) in [6.45, 7) is 5.05. The molecule has 0 spiro atoms. The Balaban J connectivity index is 0.000000606. The molecule has 0 saturated carbocycles. The summed E-state index contributed by atoms with van der Waals surface area (Å²) in [4.78, 5) is 2.08. The molecule has 1 aromatic carbocycles. The van der Waals surface area contributed by atoms with E-state index >= 15 is 0 Å². The summed E-state index contributed by atoms with van der Waals surface area (Å²) in [5.74, 6) is 0. The molecule has 3 N–H and O–H groups in total. The van der Waals surface area contributed by atoms with Gasteiger partial charge in [-0.25, -0.2) is 0 Å². The van der Waals surface area contributed by atoms with Crippen LogP contribution in [0.15, 0.2) is 12.1 Å². The molecule has 0 aromatic heterocycles. The third-order valence-corrected chi connectivity index (χ3v) is 2.67. The number of nitrogens with zero attached hydrogens (tertiary/aromatic N) is 1. The van der Waals surface area contributed by atoms with Gasteiger partial charge in [-0.3, -0.25) is 0 Å². The molecular formula is C13H23N3. The molecule has 16 heavy (non-hydrogen) atoms. The molecule has 0 atom stereocenters. The minimum absolute atomic E-state index is 0.850. The Morgan fingerprint density at radius 3 is 2.56 bits per heavy atom. The van der Waals surface area contributed by atoms with E-state index in [2.05, 4.69) is 16.3 Å². The lowest BCUT2D eigenvalue weighted by molar-refractivity contribution is 0.829. The Morgan fingerprint density at radius 1 is 1.25 bits per heavy atom. The van der Waals surface area contributed by atoms with Gasteiger partial charge in [-0.1, -0.05) is 19.9 Å². The number of hydrogen-bond donors (Lipinski definition) is 2. The van der Waals surface area contributed by atoms with Crippen LogP contribution in [0.5, 0.6) is 0 Å². The standard InChI is InChI=1S/C11H17N3.C2H6/c1-14(2)11-9(12)6-5-8-4-3-7-13-10(8)11;1-2/h5-6,13H,3-4,7,12H2,1-2H3;1-2H3. The monoisotopic (exact) mass is 221 g/mol. The first-order chi connectivity index (χ1) is 7.70. The molecule has 1 aliphatic heterocycles. The number of nitrogens with one attached hydrogen (secondary N) is 1. The van der Waals surface area contributed by atoms with Crippen LogP contribution in [0.1, 0.15) is 25.8 Å². The maximum absolute atomic E-state index is 5.96. The van der Waals surface area contributed by atoms with Crippen molar-refractivity contribution in [2.75, 3.05) is 36.6 Å². The highest BCUT2D eigenvalue weighted by Gasteiger charge is 2.15. The van der Waals surface area contributed by atoms with Crippen LogP contribution in [-0.2, 0) is 6.42 Å². The third-order valence-electron chi connectivity index (χ3n) is 2.67. The van der Waals surface area contributed by atoms with Crippen LogP contribution in [0.25, 0.3) is 0 Å². The van der Waals surface area contributed by atoms with Gasteiger partial charge in [-0.15, -0.1) is 0 Å². The van der Waals surface area contributed by atoms with Gasteiger partial charge in [-0.2, -0.15) is 0 Å². The Morgan fingerprint density at radius 2 is 1.94 bits per heavy atom. The van der Waals surface area contributed by atoms with Gasteiger partial charge in [0.1, 0.15) is 0 Å². The third kappa shape index (κ3) is 2.40. The number of hydrogen-bond acceptors (Lipinski definition) is 3. The Bertz CT molecular complexity index is 345. The average molecular weight is 221 g/mol. The highest BCUT2D eigenvalue weighted by atomic mass is 15.1. The Labute approximate surface area is 98.6 Å². The number of fused-ring (bicyclic) bond motifs is 1. The number of aryl methyl sites for hydroxylation is 1. The van der Waals surface area contributed by atoms with Gasteiger partial charge in [0.15, 0.2) is 0 Å². The summed E-state index contributed by atoms with van der Waals surface area (Å²) in [5, 5.41) is 3.43. The molecule has 0 fully saturated rings. The van der Waals surface area contributed by atoms with Crippen LogP contribution in [0.3, 0.4) is 0 Å². The highest BCUT2D eigenvalue weighted by Crippen LogP contribution is 2.36. The van der Waals surface area contributed by atoms with Crippen molar-refractivity contribution in [3.05, 3.63) is 17.7 Å². The van der Waals surface area contributed by atoms with Crippen molar-refractivity contribution >= 4 is 17.1 Å². The maximum Gasteiger partial charge on any atom is 0.0833 e. The molecule has 0 saturated heterocycles. The molecule has 0 amide bonds. The molecule has 1 aliphatic rings. The van der Waals surface area contributed by atoms with E-state index < -0.39 is 0 Å². The first-order valence-corrected chi connectivity index (χ1v) is 6.02. The molecule has 2 rings (SSSR count). The van der Waals surface area contributed by atoms with E-state index in [9.17, 15) is 0 Å². The predicted molar refractivity (Wildman–Crippen MR) is 73.3 cm³/mol. The van der Waals surface area contributed by atoms with E-state index in [0.29, 0.717) is 0 Å². The van der Waals surface area contributed by atoms with Crippen molar-refractivity contribution in [1.82, 2.24) is 0 Å². The summed E-state index contributed by atoms with van der Waals surface area (Å²) in [7, 11) is 4.06. The van der Waals surface area contributed by atoms with Gasteiger partial charge in [-0.05, 0) is 24.5 Å². The van der Waals surface area contributed by atoms with Gasteiger partial charge >= 0.3 is 0 Å². The molecule has 1 heterocycles. The first-order valence-electron chi connectivity index (χ1n) is 6.02. The lowest BCUT2D eigenvalue weighted by atomic mass is 10.0. The predicted octanol–water partition coefficient (Wildman–Crippen LogP) is 2.72. The van der Waals surface area contributed by atoms with E-state index in [1.165, 1.54) is 17.7 Å². The van der Waals surface area contributed by atoms with Crippen molar-refractivity contribution < 1.29 is 0 Å². The van der Waals surface area contributed by atoms with Crippen LogP contribution in [0, 0.1) is 0 Å². The molecule has 0 aliphatic carbocycles. The van der Waals surface area contributed by atoms with Crippen molar-refractivity contribution in [2.24, 2.45) is 0 Å². The number of benzene rings is 1.